The molecule has 0 aliphatic rings. The molecule has 0 amide bonds. The zero-order valence-corrected chi connectivity index (χ0v) is 10.5. The summed E-state index contributed by atoms with van der Waals surface area (Å²) in [5.74, 6) is 0.558. The maximum absolute atomic E-state index is 10.9. The molecule has 2 aromatic rings. The Kier molecular flexibility index (Phi) is 3.69. The molecule has 6 heteroatoms. The SMILES string of the molecule is Cc1ccc(O/N=C(\C=O)c2csc(N)n2)cc1. The van der Waals surface area contributed by atoms with E-state index in [1.54, 1.807) is 17.5 Å². The van der Waals surface area contributed by atoms with Crippen LogP contribution in [0.25, 0.3) is 0 Å². The average Bonchev–Trinajstić information content (AvgIpc) is 2.79. The van der Waals surface area contributed by atoms with Crippen molar-refractivity contribution in [1.29, 1.82) is 0 Å². The highest BCUT2D eigenvalue weighted by molar-refractivity contribution is 7.13. The van der Waals surface area contributed by atoms with Gasteiger partial charge >= 0.3 is 0 Å². The van der Waals surface area contributed by atoms with Crippen LogP contribution in [0.3, 0.4) is 0 Å². The van der Waals surface area contributed by atoms with Crippen molar-refractivity contribution in [2.45, 2.75) is 6.92 Å². The Labute approximate surface area is 108 Å². The Morgan fingerprint density at radius 1 is 1.44 bits per heavy atom. The van der Waals surface area contributed by atoms with Crippen LogP contribution in [0.5, 0.6) is 5.75 Å². The summed E-state index contributed by atoms with van der Waals surface area (Å²) in [7, 11) is 0. The summed E-state index contributed by atoms with van der Waals surface area (Å²) < 4.78 is 0. The average molecular weight is 261 g/mol. The van der Waals surface area contributed by atoms with E-state index < -0.39 is 0 Å². The minimum Gasteiger partial charge on any atom is -0.375 e. The van der Waals surface area contributed by atoms with E-state index in [1.165, 1.54) is 11.3 Å². The van der Waals surface area contributed by atoms with Crippen LogP contribution >= 0.6 is 11.3 Å². The van der Waals surface area contributed by atoms with Crippen LogP contribution in [0.2, 0.25) is 0 Å². The maximum atomic E-state index is 10.9. The van der Waals surface area contributed by atoms with Gasteiger partial charge in [-0.25, -0.2) is 4.98 Å². The molecule has 92 valence electrons. The fraction of sp³-hybridized carbons (Fsp3) is 0.0833. The van der Waals surface area contributed by atoms with E-state index in [9.17, 15) is 4.79 Å². The molecule has 1 aromatic carbocycles. The number of aryl methyl sites for hydroxylation is 1. The molecule has 0 radical (unpaired) electrons. The molecule has 0 saturated carbocycles. The Morgan fingerprint density at radius 2 is 2.17 bits per heavy atom. The van der Waals surface area contributed by atoms with E-state index in [1.807, 2.05) is 19.1 Å². The Bertz CT molecular complexity index is 575. The molecule has 0 unspecified atom stereocenters. The molecule has 0 saturated heterocycles. The fourth-order valence-corrected chi connectivity index (χ4v) is 1.79. The third-order valence-electron chi connectivity index (χ3n) is 2.17. The molecule has 1 heterocycles. The van der Waals surface area contributed by atoms with E-state index in [0.717, 1.165) is 5.56 Å². The minimum atomic E-state index is 0.114. The molecule has 0 aliphatic carbocycles. The van der Waals surface area contributed by atoms with E-state index in [4.69, 9.17) is 10.6 Å². The van der Waals surface area contributed by atoms with Crippen LogP contribution in [0, 0.1) is 6.92 Å². The molecule has 5 nitrogen and oxygen atoms in total. The first-order valence-electron chi connectivity index (χ1n) is 5.17. The number of aldehydes is 1. The standard InChI is InChI=1S/C12H11N3O2S/c1-8-2-4-9(5-3-8)17-15-10(6-16)11-7-18-12(13)14-11/h2-7H,1H3,(H2,13,14)/b15-10+. The van der Waals surface area contributed by atoms with Crippen LogP contribution in [0.15, 0.2) is 34.8 Å². The van der Waals surface area contributed by atoms with Gasteiger partial charge in [-0.05, 0) is 19.1 Å². The third kappa shape index (κ3) is 2.92. The van der Waals surface area contributed by atoms with E-state index >= 15 is 0 Å². The number of oxime groups is 1. The zero-order chi connectivity index (χ0) is 13.0. The predicted octanol–water partition coefficient (Wildman–Crippen LogP) is 2.02. The summed E-state index contributed by atoms with van der Waals surface area (Å²) in [6.45, 7) is 1.97. The molecule has 1 aromatic heterocycles. The van der Waals surface area contributed by atoms with Crippen molar-refractivity contribution in [2.24, 2.45) is 5.16 Å². The van der Waals surface area contributed by atoms with Crippen molar-refractivity contribution in [3.05, 3.63) is 40.9 Å². The Morgan fingerprint density at radius 3 is 2.72 bits per heavy atom. The molecular weight excluding hydrogens is 250 g/mol. The second-order valence-corrected chi connectivity index (χ2v) is 4.46. The van der Waals surface area contributed by atoms with E-state index in [-0.39, 0.29) is 5.71 Å². The lowest BCUT2D eigenvalue weighted by atomic mass is 10.2. The van der Waals surface area contributed by atoms with Crippen molar-refractivity contribution in [3.8, 4) is 5.75 Å². The molecule has 0 bridgehead atoms. The topological polar surface area (TPSA) is 77.6 Å². The van der Waals surface area contributed by atoms with Gasteiger partial charge in [-0.3, -0.25) is 4.79 Å². The van der Waals surface area contributed by atoms with Gasteiger partial charge in [-0.2, -0.15) is 0 Å². The lowest BCUT2D eigenvalue weighted by molar-refractivity contribution is -0.102. The van der Waals surface area contributed by atoms with Crippen molar-refractivity contribution >= 4 is 28.5 Å². The summed E-state index contributed by atoms with van der Waals surface area (Å²) in [4.78, 5) is 20.0. The number of hydrogen-bond acceptors (Lipinski definition) is 6. The third-order valence-corrected chi connectivity index (χ3v) is 2.84. The molecular formula is C12H11N3O2S. The van der Waals surface area contributed by atoms with Gasteiger partial charge in [0.25, 0.3) is 0 Å². The normalized spacial score (nSPS) is 11.3. The highest BCUT2D eigenvalue weighted by atomic mass is 32.1. The van der Waals surface area contributed by atoms with Crippen LogP contribution in [0.1, 0.15) is 11.3 Å². The number of nitrogens with zero attached hydrogens (tertiary/aromatic N) is 2. The monoisotopic (exact) mass is 261 g/mol. The second kappa shape index (κ2) is 5.42. The molecule has 2 rings (SSSR count). The molecule has 18 heavy (non-hydrogen) atoms. The molecule has 2 N–H and O–H groups in total. The first kappa shape index (κ1) is 12.3. The van der Waals surface area contributed by atoms with Gasteiger partial charge in [0.05, 0.1) is 0 Å². The number of hydrogen-bond donors (Lipinski definition) is 1. The number of nitrogens with two attached hydrogens (primary N) is 1. The van der Waals surface area contributed by atoms with Crippen molar-refractivity contribution in [1.82, 2.24) is 4.98 Å². The number of carbonyl (C=O) groups excluding carboxylic acids is 1. The van der Waals surface area contributed by atoms with Crippen LogP contribution in [-0.2, 0) is 4.79 Å². The van der Waals surface area contributed by atoms with Gasteiger partial charge in [0.2, 0.25) is 0 Å². The number of nitrogen functional groups attached to an aromatic ring is 1. The van der Waals surface area contributed by atoms with Gasteiger partial charge in [0.15, 0.2) is 22.9 Å². The number of aromatic nitrogens is 1. The Hall–Kier alpha value is -2.21. The van der Waals surface area contributed by atoms with Gasteiger partial charge in [0, 0.05) is 5.38 Å². The molecule has 0 fully saturated rings. The number of anilines is 1. The van der Waals surface area contributed by atoms with Crippen LogP contribution < -0.4 is 10.6 Å². The Balaban J connectivity index is 2.15. The van der Waals surface area contributed by atoms with Gasteiger partial charge in [-0.1, -0.05) is 22.9 Å². The highest BCUT2D eigenvalue weighted by Crippen LogP contribution is 2.14. The van der Waals surface area contributed by atoms with Gasteiger partial charge in [-0.15, -0.1) is 11.3 Å². The number of benzene rings is 1. The van der Waals surface area contributed by atoms with Crippen molar-refractivity contribution in [3.63, 3.8) is 0 Å². The smallest absolute Gasteiger partial charge is 0.180 e. The summed E-state index contributed by atoms with van der Waals surface area (Å²) in [6.07, 6.45) is 0.586. The second-order valence-electron chi connectivity index (χ2n) is 3.57. The first-order valence-corrected chi connectivity index (χ1v) is 6.05. The summed E-state index contributed by atoms with van der Waals surface area (Å²) in [5.41, 5.74) is 7.14. The summed E-state index contributed by atoms with van der Waals surface area (Å²) in [6, 6.07) is 7.34. The molecule has 0 spiro atoms. The van der Waals surface area contributed by atoms with Crippen LogP contribution in [-0.4, -0.2) is 17.0 Å². The van der Waals surface area contributed by atoms with Crippen LogP contribution in [0.4, 0.5) is 5.13 Å². The number of thiazole rings is 1. The maximum Gasteiger partial charge on any atom is 0.180 e. The van der Waals surface area contributed by atoms with Crippen molar-refractivity contribution in [2.75, 3.05) is 5.73 Å². The summed E-state index contributed by atoms with van der Waals surface area (Å²) >= 11 is 1.24. The largest absolute Gasteiger partial charge is 0.375 e. The first-order chi connectivity index (χ1) is 8.69. The highest BCUT2D eigenvalue weighted by Gasteiger charge is 2.07. The summed E-state index contributed by atoms with van der Waals surface area (Å²) in [5, 5.41) is 5.80. The molecule has 0 aliphatic heterocycles. The van der Waals surface area contributed by atoms with E-state index in [0.29, 0.717) is 22.9 Å². The van der Waals surface area contributed by atoms with Gasteiger partial charge < -0.3 is 10.6 Å². The van der Waals surface area contributed by atoms with Gasteiger partial charge in [0.1, 0.15) is 5.69 Å². The minimum absolute atomic E-state index is 0.114. The number of carbonyl (C=O) groups is 1. The lowest BCUT2D eigenvalue weighted by Gasteiger charge is -1.99. The fourth-order valence-electron chi connectivity index (χ4n) is 1.23. The van der Waals surface area contributed by atoms with Crippen molar-refractivity contribution < 1.29 is 9.63 Å². The lowest BCUT2D eigenvalue weighted by Crippen LogP contribution is -2.05. The van der Waals surface area contributed by atoms with E-state index in [2.05, 4.69) is 10.1 Å². The number of rotatable bonds is 4. The molecule has 0 atom stereocenters. The quantitative estimate of drug-likeness (QED) is 0.519. The predicted molar refractivity (Wildman–Crippen MR) is 70.9 cm³/mol. The zero-order valence-electron chi connectivity index (χ0n) is 9.66.